The van der Waals surface area contributed by atoms with E-state index in [4.69, 9.17) is 16.6 Å². The van der Waals surface area contributed by atoms with E-state index in [1.807, 2.05) is 0 Å². The fourth-order valence-electron chi connectivity index (χ4n) is 0.394. The summed E-state index contributed by atoms with van der Waals surface area (Å²) in [6.45, 7) is 1.62. The maximum atomic E-state index is 10.3. The van der Waals surface area contributed by atoms with E-state index in [1.54, 1.807) is 6.92 Å². The van der Waals surface area contributed by atoms with Crippen LogP contribution in [-0.4, -0.2) is 23.7 Å². The molecule has 4 nitrogen and oxygen atoms in total. The number of hydrogen-bond donors (Lipinski definition) is 3. The summed E-state index contributed by atoms with van der Waals surface area (Å²) in [4.78, 5) is 10.3. The second-order valence-electron chi connectivity index (χ2n) is 1.99. The van der Waals surface area contributed by atoms with Gasteiger partial charge in [0.2, 0.25) is 5.91 Å². The highest BCUT2D eigenvalue weighted by Crippen LogP contribution is 1.98. The summed E-state index contributed by atoms with van der Waals surface area (Å²) in [5.74, 6) is -1.07. The topological polar surface area (TPSA) is 89.3 Å². The van der Waals surface area contributed by atoms with E-state index in [0.717, 1.165) is 0 Å². The molecule has 0 aliphatic rings. The molecular weight excluding hydrogens is 120 g/mol. The van der Waals surface area contributed by atoms with Crippen LogP contribution in [0.25, 0.3) is 0 Å². The van der Waals surface area contributed by atoms with Gasteiger partial charge in [-0.05, 0) is 0 Å². The molecule has 0 spiro atoms. The number of aliphatic hydroxyl groups is 1. The molecule has 0 heterocycles. The molecule has 0 rings (SSSR count). The molecule has 1 amide bonds. The quantitative estimate of drug-likeness (QED) is 0.433. The number of primary amides is 1. The molecule has 2 unspecified atom stereocenters. The third-order valence-electron chi connectivity index (χ3n) is 1.27. The van der Waals surface area contributed by atoms with Crippen molar-refractivity contribution in [1.29, 1.82) is 0 Å². The van der Waals surface area contributed by atoms with E-state index in [0.29, 0.717) is 0 Å². The lowest BCUT2D eigenvalue weighted by Crippen LogP contribution is -2.35. The molecule has 0 aliphatic carbocycles. The Hall–Kier alpha value is -0.610. The van der Waals surface area contributed by atoms with Gasteiger partial charge in [-0.2, -0.15) is 0 Å². The van der Waals surface area contributed by atoms with Crippen molar-refractivity contribution in [2.24, 2.45) is 17.4 Å². The molecule has 0 aromatic carbocycles. The summed E-state index contributed by atoms with van der Waals surface area (Å²) < 4.78 is 0. The van der Waals surface area contributed by atoms with Crippen LogP contribution in [0.15, 0.2) is 0 Å². The van der Waals surface area contributed by atoms with Crippen LogP contribution in [0.5, 0.6) is 0 Å². The van der Waals surface area contributed by atoms with E-state index in [2.05, 4.69) is 0 Å². The van der Waals surface area contributed by atoms with E-state index in [1.165, 1.54) is 0 Å². The first-order chi connectivity index (χ1) is 4.09. The first-order valence-electron chi connectivity index (χ1n) is 2.77. The molecule has 0 saturated carbocycles. The monoisotopic (exact) mass is 132 g/mol. The molecule has 5 N–H and O–H groups in total. The van der Waals surface area contributed by atoms with Gasteiger partial charge in [-0.15, -0.1) is 0 Å². The van der Waals surface area contributed by atoms with E-state index in [9.17, 15) is 4.79 Å². The molecule has 0 aromatic heterocycles. The van der Waals surface area contributed by atoms with Gasteiger partial charge in [0.25, 0.3) is 0 Å². The van der Waals surface area contributed by atoms with Crippen molar-refractivity contribution in [3.8, 4) is 0 Å². The molecule has 0 aromatic rings. The first-order valence-corrected chi connectivity index (χ1v) is 2.77. The van der Waals surface area contributed by atoms with Crippen LogP contribution in [-0.2, 0) is 4.79 Å². The van der Waals surface area contributed by atoms with Crippen LogP contribution < -0.4 is 11.5 Å². The molecule has 54 valence electrons. The number of carbonyl (C=O) groups is 1. The van der Waals surface area contributed by atoms with Crippen molar-refractivity contribution in [2.45, 2.75) is 13.0 Å². The predicted molar refractivity (Wildman–Crippen MR) is 33.4 cm³/mol. The molecule has 0 bridgehead atoms. The van der Waals surface area contributed by atoms with Crippen molar-refractivity contribution < 1.29 is 9.90 Å². The van der Waals surface area contributed by atoms with Gasteiger partial charge in [0.15, 0.2) is 0 Å². The standard InChI is InChI=1S/C5H12N2O2/c1-3(5(7)9)4(8)2-6/h3-4,8H,2,6H2,1H3,(H2,7,9). The Labute approximate surface area is 53.8 Å². The molecule has 0 fully saturated rings. The highest BCUT2D eigenvalue weighted by atomic mass is 16.3. The van der Waals surface area contributed by atoms with Gasteiger partial charge in [-0.3, -0.25) is 4.79 Å². The number of carbonyl (C=O) groups excluding carboxylic acids is 1. The second-order valence-corrected chi connectivity index (χ2v) is 1.99. The molecule has 0 saturated heterocycles. The number of aliphatic hydroxyl groups excluding tert-OH is 1. The summed E-state index contributed by atoms with van der Waals surface area (Å²) in [6, 6.07) is 0. The Kier molecular flexibility index (Phi) is 3.19. The fourth-order valence-corrected chi connectivity index (χ4v) is 0.394. The zero-order valence-electron chi connectivity index (χ0n) is 5.37. The van der Waals surface area contributed by atoms with Gasteiger partial charge in [0, 0.05) is 6.54 Å². The van der Waals surface area contributed by atoms with Crippen molar-refractivity contribution in [2.75, 3.05) is 6.54 Å². The lowest BCUT2D eigenvalue weighted by Gasteiger charge is -2.11. The van der Waals surface area contributed by atoms with Crippen LogP contribution in [0.4, 0.5) is 0 Å². The minimum absolute atomic E-state index is 0.0735. The highest BCUT2D eigenvalue weighted by Gasteiger charge is 2.16. The summed E-state index contributed by atoms with van der Waals surface area (Å²) in [5.41, 5.74) is 9.91. The average Bonchev–Trinajstić information content (AvgIpc) is 1.84. The Morgan fingerprint density at radius 2 is 2.22 bits per heavy atom. The lowest BCUT2D eigenvalue weighted by molar-refractivity contribution is -0.124. The fraction of sp³-hybridized carbons (Fsp3) is 0.800. The summed E-state index contributed by atoms with van der Waals surface area (Å²) in [5, 5.41) is 8.87. The Morgan fingerprint density at radius 1 is 1.78 bits per heavy atom. The highest BCUT2D eigenvalue weighted by molar-refractivity contribution is 5.76. The van der Waals surface area contributed by atoms with E-state index < -0.39 is 17.9 Å². The third-order valence-corrected chi connectivity index (χ3v) is 1.27. The van der Waals surface area contributed by atoms with Crippen molar-refractivity contribution >= 4 is 5.91 Å². The van der Waals surface area contributed by atoms with Gasteiger partial charge in [0.05, 0.1) is 12.0 Å². The lowest BCUT2D eigenvalue weighted by atomic mass is 10.1. The van der Waals surface area contributed by atoms with Gasteiger partial charge in [-0.25, -0.2) is 0 Å². The van der Waals surface area contributed by atoms with Gasteiger partial charge in [-0.1, -0.05) is 6.92 Å². The smallest absolute Gasteiger partial charge is 0.222 e. The minimum Gasteiger partial charge on any atom is -0.391 e. The van der Waals surface area contributed by atoms with E-state index >= 15 is 0 Å². The van der Waals surface area contributed by atoms with Crippen LogP contribution in [0.3, 0.4) is 0 Å². The number of nitrogens with two attached hydrogens (primary N) is 2. The minimum atomic E-state index is -0.803. The predicted octanol–water partition coefficient (Wildman–Crippen LogP) is -1.57. The zero-order valence-corrected chi connectivity index (χ0v) is 5.37. The normalized spacial score (nSPS) is 16.8. The van der Waals surface area contributed by atoms with Crippen LogP contribution in [0.2, 0.25) is 0 Å². The summed E-state index contributed by atoms with van der Waals surface area (Å²) in [6.07, 6.45) is -0.803. The largest absolute Gasteiger partial charge is 0.391 e. The van der Waals surface area contributed by atoms with Gasteiger partial charge < -0.3 is 16.6 Å². The molecule has 0 aliphatic heterocycles. The maximum Gasteiger partial charge on any atom is 0.222 e. The van der Waals surface area contributed by atoms with Crippen LogP contribution in [0, 0.1) is 5.92 Å². The van der Waals surface area contributed by atoms with Crippen LogP contribution >= 0.6 is 0 Å². The SMILES string of the molecule is CC(C(N)=O)C(O)CN. The summed E-state index contributed by atoms with van der Waals surface area (Å²) >= 11 is 0. The first kappa shape index (κ1) is 8.39. The van der Waals surface area contributed by atoms with Gasteiger partial charge >= 0.3 is 0 Å². The van der Waals surface area contributed by atoms with Crippen molar-refractivity contribution in [3.05, 3.63) is 0 Å². The number of rotatable bonds is 3. The molecular formula is C5H12N2O2. The second kappa shape index (κ2) is 3.42. The Balaban J connectivity index is 3.72. The van der Waals surface area contributed by atoms with Gasteiger partial charge in [0.1, 0.15) is 0 Å². The number of amides is 1. The molecule has 0 radical (unpaired) electrons. The molecule has 4 heteroatoms. The zero-order chi connectivity index (χ0) is 7.44. The van der Waals surface area contributed by atoms with Crippen molar-refractivity contribution in [3.63, 3.8) is 0 Å². The molecule has 2 atom stereocenters. The third kappa shape index (κ3) is 2.43. The Morgan fingerprint density at radius 3 is 2.33 bits per heavy atom. The average molecular weight is 132 g/mol. The number of hydrogen-bond acceptors (Lipinski definition) is 3. The van der Waals surface area contributed by atoms with Crippen molar-refractivity contribution in [1.82, 2.24) is 0 Å². The summed E-state index contributed by atoms with van der Waals surface area (Å²) in [7, 11) is 0. The Bertz CT molecular complexity index is 105. The molecule has 9 heavy (non-hydrogen) atoms. The van der Waals surface area contributed by atoms with E-state index in [-0.39, 0.29) is 6.54 Å². The maximum absolute atomic E-state index is 10.3. The van der Waals surface area contributed by atoms with Crippen LogP contribution in [0.1, 0.15) is 6.92 Å².